The average molecular weight is 439 g/mol. The summed E-state index contributed by atoms with van der Waals surface area (Å²) in [5.74, 6) is 0.361. The summed E-state index contributed by atoms with van der Waals surface area (Å²) < 4.78 is 39.1. The molecule has 8 heteroatoms. The Morgan fingerprint density at radius 2 is 1.77 bits per heavy atom. The van der Waals surface area contributed by atoms with Crippen molar-refractivity contribution in [3.63, 3.8) is 0 Å². The first-order valence-corrected chi connectivity index (χ1v) is 11.1. The number of hydrogen-bond acceptors (Lipinski definition) is 5. The number of amides is 1. The minimum atomic E-state index is -3.89. The van der Waals surface area contributed by atoms with Crippen molar-refractivity contribution in [2.75, 3.05) is 23.3 Å². The topological polar surface area (TPSA) is 84.9 Å². The minimum Gasteiger partial charge on any atom is -0.495 e. The fourth-order valence-corrected chi connectivity index (χ4v) is 4.92. The summed E-state index contributed by atoms with van der Waals surface area (Å²) >= 11 is 0. The standard InChI is InChI=1S/C23H22N2O5S/c1-16-12-13-20(29-2)18(14-16)24-23(26)22-15-25(19-10-6-7-11-21(19)30-22)31(27,28)17-8-4-3-5-9-17/h3-14,22H,15H2,1-2H3,(H,24,26)/t22-/m1/s1. The number of nitrogens with one attached hydrogen (secondary N) is 1. The van der Waals surface area contributed by atoms with Gasteiger partial charge in [-0.3, -0.25) is 9.10 Å². The molecule has 0 unspecified atom stereocenters. The molecule has 3 aromatic rings. The van der Waals surface area contributed by atoms with Crippen molar-refractivity contribution in [3.8, 4) is 11.5 Å². The first-order chi connectivity index (χ1) is 14.9. The first kappa shape index (κ1) is 20.7. The second-order valence-electron chi connectivity index (χ2n) is 7.12. The molecule has 0 spiro atoms. The third kappa shape index (κ3) is 4.06. The Kier molecular flexibility index (Phi) is 5.56. The second-order valence-corrected chi connectivity index (χ2v) is 8.98. The lowest BCUT2D eigenvalue weighted by Gasteiger charge is -2.34. The van der Waals surface area contributed by atoms with Crippen molar-refractivity contribution >= 4 is 27.3 Å². The second kappa shape index (κ2) is 8.31. The van der Waals surface area contributed by atoms with Gasteiger partial charge in [-0.25, -0.2) is 8.42 Å². The SMILES string of the molecule is COc1ccc(C)cc1NC(=O)[C@H]1CN(S(=O)(=O)c2ccccc2)c2ccccc2O1. The predicted molar refractivity (Wildman–Crippen MR) is 118 cm³/mol. The Morgan fingerprint density at radius 1 is 1.06 bits per heavy atom. The number of carbonyl (C=O) groups is 1. The summed E-state index contributed by atoms with van der Waals surface area (Å²) in [5, 5.41) is 2.80. The number of benzene rings is 3. The number of sulfonamides is 1. The molecule has 0 saturated carbocycles. The number of rotatable bonds is 5. The van der Waals surface area contributed by atoms with Crippen molar-refractivity contribution in [2.45, 2.75) is 17.9 Å². The van der Waals surface area contributed by atoms with Crippen LogP contribution in [0.15, 0.2) is 77.7 Å². The van der Waals surface area contributed by atoms with E-state index in [2.05, 4.69) is 5.32 Å². The molecule has 160 valence electrons. The van der Waals surface area contributed by atoms with Gasteiger partial charge in [0.25, 0.3) is 15.9 Å². The number of hydrogen-bond donors (Lipinski definition) is 1. The molecule has 0 aromatic heterocycles. The molecule has 1 N–H and O–H groups in total. The van der Waals surface area contributed by atoms with Gasteiger partial charge in [0.15, 0.2) is 6.10 Å². The fourth-order valence-electron chi connectivity index (χ4n) is 3.42. The van der Waals surface area contributed by atoms with Crippen LogP contribution in [0.5, 0.6) is 11.5 Å². The summed E-state index contributed by atoms with van der Waals surface area (Å²) in [6, 6.07) is 20.3. The molecule has 0 radical (unpaired) electrons. The zero-order chi connectivity index (χ0) is 22.0. The van der Waals surface area contributed by atoms with E-state index >= 15 is 0 Å². The van der Waals surface area contributed by atoms with Crippen LogP contribution >= 0.6 is 0 Å². The van der Waals surface area contributed by atoms with E-state index < -0.39 is 22.0 Å². The van der Waals surface area contributed by atoms with Gasteiger partial charge in [-0.15, -0.1) is 0 Å². The van der Waals surface area contributed by atoms with E-state index in [9.17, 15) is 13.2 Å². The van der Waals surface area contributed by atoms with Crippen molar-refractivity contribution in [1.82, 2.24) is 0 Å². The Bertz CT molecular complexity index is 1210. The number of nitrogens with zero attached hydrogens (tertiary/aromatic N) is 1. The lowest BCUT2D eigenvalue weighted by atomic mass is 10.2. The summed E-state index contributed by atoms with van der Waals surface area (Å²) in [5.41, 5.74) is 1.83. The van der Waals surface area contributed by atoms with E-state index in [1.54, 1.807) is 54.6 Å². The molecule has 1 aliphatic rings. The van der Waals surface area contributed by atoms with Crippen LogP contribution in [-0.2, 0) is 14.8 Å². The maximum absolute atomic E-state index is 13.3. The number of methoxy groups -OCH3 is 1. The van der Waals surface area contributed by atoms with Crippen molar-refractivity contribution in [2.24, 2.45) is 0 Å². The molecular formula is C23H22N2O5S. The number of anilines is 2. The zero-order valence-corrected chi connectivity index (χ0v) is 17.9. The van der Waals surface area contributed by atoms with Crippen LogP contribution in [0.25, 0.3) is 0 Å². The van der Waals surface area contributed by atoms with E-state index in [0.717, 1.165) is 5.56 Å². The highest BCUT2D eigenvalue weighted by Crippen LogP contribution is 2.37. The zero-order valence-electron chi connectivity index (χ0n) is 17.1. The molecular weight excluding hydrogens is 416 g/mol. The van der Waals surface area contributed by atoms with Crippen LogP contribution in [0.1, 0.15) is 5.56 Å². The molecule has 1 heterocycles. The monoisotopic (exact) mass is 438 g/mol. The lowest BCUT2D eigenvalue weighted by molar-refractivity contribution is -0.122. The largest absolute Gasteiger partial charge is 0.495 e. The van der Waals surface area contributed by atoms with Gasteiger partial charge in [0.1, 0.15) is 11.5 Å². The highest BCUT2D eigenvalue weighted by atomic mass is 32.2. The van der Waals surface area contributed by atoms with E-state index in [4.69, 9.17) is 9.47 Å². The quantitative estimate of drug-likeness (QED) is 0.658. The molecule has 0 aliphatic carbocycles. The summed E-state index contributed by atoms with van der Waals surface area (Å²) in [7, 11) is -2.37. The van der Waals surface area contributed by atoms with Gasteiger partial charge in [0, 0.05) is 0 Å². The molecule has 31 heavy (non-hydrogen) atoms. The maximum Gasteiger partial charge on any atom is 0.267 e. The number of aryl methyl sites for hydroxylation is 1. The predicted octanol–water partition coefficient (Wildman–Crippen LogP) is 3.60. The Hall–Kier alpha value is -3.52. The van der Waals surface area contributed by atoms with Gasteiger partial charge in [-0.2, -0.15) is 0 Å². The van der Waals surface area contributed by atoms with E-state index in [0.29, 0.717) is 22.9 Å². The molecule has 0 bridgehead atoms. The van der Waals surface area contributed by atoms with E-state index in [1.165, 1.54) is 23.5 Å². The lowest BCUT2D eigenvalue weighted by Crippen LogP contribution is -2.48. The smallest absolute Gasteiger partial charge is 0.267 e. The summed E-state index contributed by atoms with van der Waals surface area (Å²) in [4.78, 5) is 13.2. The molecule has 0 saturated heterocycles. The Labute approximate surface area is 181 Å². The fraction of sp³-hybridized carbons (Fsp3) is 0.174. The van der Waals surface area contributed by atoms with E-state index in [1.807, 2.05) is 13.0 Å². The highest BCUT2D eigenvalue weighted by molar-refractivity contribution is 7.92. The molecule has 7 nitrogen and oxygen atoms in total. The van der Waals surface area contributed by atoms with Gasteiger partial charge in [-0.05, 0) is 48.9 Å². The highest BCUT2D eigenvalue weighted by Gasteiger charge is 2.37. The van der Waals surface area contributed by atoms with Gasteiger partial charge in [0.05, 0.1) is 29.9 Å². The van der Waals surface area contributed by atoms with E-state index in [-0.39, 0.29) is 11.4 Å². The minimum absolute atomic E-state index is 0.145. The molecule has 4 rings (SSSR count). The molecule has 1 atom stereocenters. The summed E-state index contributed by atoms with van der Waals surface area (Å²) in [6.07, 6.45) is -1.04. The number of carbonyl (C=O) groups excluding carboxylic acids is 1. The molecule has 0 fully saturated rings. The van der Waals surface area contributed by atoms with Crippen LogP contribution in [0.4, 0.5) is 11.4 Å². The van der Waals surface area contributed by atoms with Crippen molar-refractivity contribution in [3.05, 3.63) is 78.4 Å². The maximum atomic E-state index is 13.3. The first-order valence-electron chi connectivity index (χ1n) is 9.69. The Balaban J connectivity index is 1.67. The summed E-state index contributed by atoms with van der Waals surface area (Å²) in [6.45, 7) is 1.74. The van der Waals surface area contributed by atoms with Gasteiger partial charge in [-0.1, -0.05) is 36.4 Å². The van der Waals surface area contributed by atoms with Gasteiger partial charge < -0.3 is 14.8 Å². The van der Waals surface area contributed by atoms with Gasteiger partial charge in [0.2, 0.25) is 0 Å². The number of fused-ring (bicyclic) bond motifs is 1. The van der Waals surface area contributed by atoms with Crippen LogP contribution < -0.4 is 19.1 Å². The normalized spacial score (nSPS) is 15.5. The average Bonchev–Trinajstić information content (AvgIpc) is 2.79. The molecule has 1 amide bonds. The number of ether oxygens (including phenoxy) is 2. The number of para-hydroxylation sites is 2. The molecule has 3 aromatic carbocycles. The Morgan fingerprint density at radius 3 is 2.52 bits per heavy atom. The van der Waals surface area contributed by atoms with Crippen LogP contribution in [-0.4, -0.2) is 34.1 Å². The van der Waals surface area contributed by atoms with Crippen LogP contribution in [0.2, 0.25) is 0 Å². The van der Waals surface area contributed by atoms with Crippen molar-refractivity contribution < 1.29 is 22.7 Å². The molecule has 1 aliphatic heterocycles. The third-order valence-corrected chi connectivity index (χ3v) is 6.77. The van der Waals surface area contributed by atoms with Crippen LogP contribution in [0, 0.1) is 6.92 Å². The van der Waals surface area contributed by atoms with Crippen LogP contribution in [0.3, 0.4) is 0 Å². The van der Waals surface area contributed by atoms with Gasteiger partial charge >= 0.3 is 0 Å². The van der Waals surface area contributed by atoms with Crippen molar-refractivity contribution in [1.29, 1.82) is 0 Å². The third-order valence-electron chi connectivity index (χ3n) is 4.97.